The first kappa shape index (κ1) is 17.3. The van der Waals surface area contributed by atoms with E-state index in [1.165, 1.54) is 103 Å². The minimum Gasteiger partial charge on any atom is -0.314 e. The maximum absolute atomic E-state index is 3.78. The molecule has 21 heavy (non-hydrogen) atoms. The second kappa shape index (κ2) is 10.6. The molecule has 124 valence electrons. The highest BCUT2D eigenvalue weighted by atomic mass is 15.1. The second-order valence-electron chi connectivity index (χ2n) is 7.44. The molecule has 0 aromatic carbocycles. The summed E-state index contributed by atoms with van der Waals surface area (Å²) in [6.07, 6.45) is 17.2. The van der Waals surface area contributed by atoms with Crippen LogP contribution in [0, 0.1) is 5.92 Å². The molecule has 2 heteroatoms. The summed E-state index contributed by atoms with van der Waals surface area (Å²) in [5, 5.41) is 3.78. The van der Waals surface area contributed by atoms with Crippen molar-refractivity contribution >= 4 is 0 Å². The van der Waals surface area contributed by atoms with E-state index in [0.29, 0.717) is 0 Å². The highest BCUT2D eigenvalue weighted by Crippen LogP contribution is 2.28. The van der Waals surface area contributed by atoms with Gasteiger partial charge in [-0.2, -0.15) is 0 Å². The van der Waals surface area contributed by atoms with Crippen molar-refractivity contribution in [3.8, 4) is 0 Å². The van der Waals surface area contributed by atoms with Crippen LogP contribution in [0.15, 0.2) is 0 Å². The molecule has 0 aromatic rings. The Morgan fingerprint density at radius 3 is 2.05 bits per heavy atom. The Balaban J connectivity index is 1.36. The molecule has 1 heterocycles. The van der Waals surface area contributed by atoms with Crippen molar-refractivity contribution in [2.45, 2.75) is 90.0 Å². The molecule has 0 atom stereocenters. The fraction of sp³-hybridized carbons (Fsp3) is 1.00. The Labute approximate surface area is 133 Å². The van der Waals surface area contributed by atoms with Crippen molar-refractivity contribution in [1.82, 2.24) is 10.2 Å². The Morgan fingerprint density at radius 1 is 0.810 bits per heavy atom. The minimum absolute atomic E-state index is 0.820. The maximum atomic E-state index is 3.78. The molecular weight excluding hydrogens is 256 g/mol. The first-order chi connectivity index (χ1) is 10.4. The predicted molar refractivity (Wildman–Crippen MR) is 92.8 cm³/mol. The maximum Gasteiger partial charge on any atom is 0.00915 e. The van der Waals surface area contributed by atoms with E-state index >= 15 is 0 Å². The zero-order valence-corrected chi connectivity index (χ0v) is 14.4. The lowest BCUT2D eigenvalue weighted by Crippen LogP contribution is -2.43. The highest BCUT2D eigenvalue weighted by Gasteiger charge is 2.24. The number of nitrogens with zero attached hydrogens (tertiary/aromatic N) is 1. The van der Waals surface area contributed by atoms with E-state index in [-0.39, 0.29) is 0 Å². The van der Waals surface area contributed by atoms with Crippen molar-refractivity contribution in [3.05, 3.63) is 0 Å². The van der Waals surface area contributed by atoms with Crippen LogP contribution in [0.1, 0.15) is 84.0 Å². The first-order valence-corrected chi connectivity index (χ1v) is 9.84. The molecule has 1 aliphatic carbocycles. The van der Waals surface area contributed by atoms with Crippen molar-refractivity contribution in [2.24, 2.45) is 5.92 Å². The third-order valence-corrected chi connectivity index (χ3v) is 5.31. The van der Waals surface area contributed by atoms with Gasteiger partial charge in [0.2, 0.25) is 0 Å². The lowest BCUT2D eigenvalue weighted by atomic mass is 10.0. The standard InChI is InChI=1S/C19H38N2/c1-2-3-4-5-6-7-8-9-14-21-15-12-19(13-16-21)20-17-18-10-11-18/h18-20H,2-17H2,1H3. The smallest absolute Gasteiger partial charge is 0.00915 e. The third-order valence-electron chi connectivity index (χ3n) is 5.31. The summed E-state index contributed by atoms with van der Waals surface area (Å²) in [5.74, 6) is 1.03. The van der Waals surface area contributed by atoms with Gasteiger partial charge in [0.1, 0.15) is 0 Å². The van der Waals surface area contributed by atoms with Crippen LogP contribution in [0.5, 0.6) is 0 Å². The molecule has 2 nitrogen and oxygen atoms in total. The molecular formula is C19H38N2. The van der Waals surface area contributed by atoms with Crippen LogP contribution in [0.3, 0.4) is 0 Å². The van der Waals surface area contributed by atoms with Crippen LogP contribution >= 0.6 is 0 Å². The van der Waals surface area contributed by atoms with Gasteiger partial charge in [0.15, 0.2) is 0 Å². The number of hydrogen-bond donors (Lipinski definition) is 1. The summed E-state index contributed by atoms with van der Waals surface area (Å²) in [5.41, 5.74) is 0. The lowest BCUT2D eigenvalue weighted by molar-refractivity contribution is 0.193. The summed E-state index contributed by atoms with van der Waals surface area (Å²) in [4.78, 5) is 2.70. The molecule has 0 radical (unpaired) electrons. The number of rotatable bonds is 12. The number of nitrogens with one attached hydrogen (secondary N) is 1. The first-order valence-electron chi connectivity index (χ1n) is 9.84. The van der Waals surface area contributed by atoms with E-state index in [2.05, 4.69) is 17.1 Å². The summed E-state index contributed by atoms with van der Waals surface area (Å²) >= 11 is 0. The van der Waals surface area contributed by atoms with Crippen molar-refractivity contribution in [3.63, 3.8) is 0 Å². The number of piperidine rings is 1. The molecule has 0 spiro atoms. The van der Waals surface area contributed by atoms with Gasteiger partial charge >= 0.3 is 0 Å². The summed E-state index contributed by atoms with van der Waals surface area (Å²) in [6, 6.07) is 0.820. The molecule has 2 rings (SSSR count). The number of likely N-dealkylation sites (tertiary alicyclic amines) is 1. The molecule has 0 bridgehead atoms. The van der Waals surface area contributed by atoms with Gasteiger partial charge in [0.05, 0.1) is 0 Å². The quantitative estimate of drug-likeness (QED) is 0.530. The molecule has 0 aromatic heterocycles. The fourth-order valence-corrected chi connectivity index (χ4v) is 3.49. The van der Waals surface area contributed by atoms with Gasteiger partial charge in [-0.25, -0.2) is 0 Å². The van der Waals surface area contributed by atoms with Crippen molar-refractivity contribution in [2.75, 3.05) is 26.2 Å². The Kier molecular flexibility index (Phi) is 8.73. The largest absolute Gasteiger partial charge is 0.314 e. The fourth-order valence-electron chi connectivity index (χ4n) is 3.49. The van der Waals surface area contributed by atoms with Crippen LogP contribution in [0.2, 0.25) is 0 Å². The summed E-state index contributed by atoms with van der Waals surface area (Å²) in [6.45, 7) is 7.61. The van der Waals surface area contributed by atoms with Gasteiger partial charge < -0.3 is 10.2 Å². The zero-order valence-electron chi connectivity index (χ0n) is 14.4. The van der Waals surface area contributed by atoms with Gasteiger partial charge in [-0.3, -0.25) is 0 Å². The van der Waals surface area contributed by atoms with E-state index in [1.54, 1.807) is 0 Å². The van der Waals surface area contributed by atoms with Crippen LogP contribution in [0.25, 0.3) is 0 Å². The SMILES string of the molecule is CCCCCCCCCCN1CCC(NCC2CC2)CC1. The second-order valence-corrected chi connectivity index (χ2v) is 7.44. The normalized spacial score (nSPS) is 21.0. The van der Waals surface area contributed by atoms with E-state index in [1.807, 2.05) is 0 Å². The van der Waals surface area contributed by atoms with E-state index in [9.17, 15) is 0 Å². The Bertz CT molecular complexity index is 242. The van der Waals surface area contributed by atoms with Gasteiger partial charge in [0.25, 0.3) is 0 Å². The molecule has 1 saturated heterocycles. The highest BCUT2D eigenvalue weighted by molar-refractivity contribution is 4.81. The lowest BCUT2D eigenvalue weighted by Gasteiger charge is -2.32. The third kappa shape index (κ3) is 8.21. The van der Waals surface area contributed by atoms with E-state index in [0.717, 1.165) is 12.0 Å². The average Bonchev–Trinajstić information content (AvgIpc) is 3.33. The van der Waals surface area contributed by atoms with Crippen LogP contribution in [0.4, 0.5) is 0 Å². The van der Waals surface area contributed by atoms with Gasteiger partial charge in [-0.05, 0) is 64.2 Å². The van der Waals surface area contributed by atoms with Crippen molar-refractivity contribution in [1.29, 1.82) is 0 Å². The van der Waals surface area contributed by atoms with Crippen LogP contribution in [-0.2, 0) is 0 Å². The topological polar surface area (TPSA) is 15.3 Å². The van der Waals surface area contributed by atoms with Crippen LogP contribution in [-0.4, -0.2) is 37.1 Å². The van der Waals surface area contributed by atoms with Gasteiger partial charge in [-0.1, -0.05) is 51.9 Å². The Hall–Kier alpha value is -0.0800. The molecule has 0 amide bonds. The van der Waals surface area contributed by atoms with Gasteiger partial charge in [-0.15, -0.1) is 0 Å². The minimum atomic E-state index is 0.820. The van der Waals surface area contributed by atoms with E-state index in [4.69, 9.17) is 0 Å². The van der Waals surface area contributed by atoms with E-state index < -0.39 is 0 Å². The number of hydrogen-bond acceptors (Lipinski definition) is 2. The number of unbranched alkanes of at least 4 members (excludes halogenated alkanes) is 7. The monoisotopic (exact) mass is 294 g/mol. The van der Waals surface area contributed by atoms with Gasteiger partial charge in [0, 0.05) is 6.04 Å². The molecule has 1 saturated carbocycles. The average molecular weight is 295 g/mol. The predicted octanol–water partition coefficient (Wildman–Crippen LogP) is 4.59. The molecule has 2 aliphatic rings. The van der Waals surface area contributed by atoms with Crippen molar-refractivity contribution < 1.29 is 0 Å². The molecule has 2 fully saturated rings. The van der Waals surface area contributed by atoms with Crippen LogP contribution < -0.4 is 5.32 Å². The Morgan fingerprint density at radius 2 is 1.43 bits per heavy atom. The molecule has 1 aliphatic heterocycles. The summed E-state index contributed by atoms with van der Waals surface area (Å²) < 4.78 is 0. The zero-order chi connectivity index (χ0) is 14.8. The molecule has 0 unspecified atom stereocenters. The summed E-state index contributed by atoms with van der Waals surface area (Å²) in [7, 11) is 0. The molecule has 1 N–H and O–H groups in total.